The molecule has 1 aliphatic heterocycles. The highest BCUT2D eigenvalue weighted by molar-refractivity contribution is 8.19. The molecule has 0 spiro atoms. The maximum Gasteiger partial charge on any atom is 0.152 e. The molecule has 2 aliphatic rings. The number of hydrogen-bond acceptors (Lipinski definition) is 3. The highest BCUT2D eigenvalue weighted by Crippen LogP contribution is 2.48. The number of hydrogen-bond donors (Lipinski definition) is 0. The molecule has 3 heteroatoms. The van der Waals surface area contributed by atoms with Crippen molar-refractivity contribution in [1.29, 1.82) is 0 Å². The SMILES string of the molecule is CCCC1(CCCC(C)C2CC2)SCC(=O)CS1. The van der Waals surface area contributed by atoms with Crippen molar-refractivity contribution in [3.05, 3.63) is 0 Å². The summed E-state index contributed by atoms with van der Waals surface area (Å²) in [6, 6.07) is 0. The summed E-state index contributed by atoms with van der Waals surface area (Å²) >= 11 is 3.86. The third-order valence-corrected chi connectivity index (χ3v) is 7.78. The van der Waals surface area contributed by atoms with Crippen LogP contribution in [0.3, 0.4) is 0 Å². The van der Waals surface area contributed by atoms with Crippen LogP contribution in [-0.4, -0.2) is 21.4 Å². The first-order valence-electron chi connectivity index (χ1n) is 7.45. The summed E-state index contributed by atoms with van der Waals surface area (Å²) in [4.78, 5) is 11.4. The standard InChI is InChI=1S/C15H26OS2/c1-3-8-15(17-10-14(16)11-18-15)9-4-5-12(2)13-6-7-13/h12-13H,3-11H2,1-2H3. The molecule has 0 aromatic carbocycles. The Kier molecular flexibility index (Phi) is 5.49. The van der Waals surface area contributed by atoms with Gasteiger partial charge in [0.25, 0.3) is 0 Å². The molecule has 0 aromatic heterocycles. The molecule has 1 aliphatic carbocycles. The van der Waals surface area contributed by atoms with Crippen LogP contribution in [0.4, 0.5) is 0 Å². The summed E-state index contributed by atoms with van der Waals surface area (Å²) in [5.41, 5.74) is 0. The summed E-state index contributed by atoms with van der Waals surface area (Å²) < 4.78 is 0.367. The largest absolute Gasteiger partial charge is 0.298 e. The van der Waals surface area contributed by atoms with Gasteiger partial charge in [-0.05, 0) is 37.5 Å². The monoisotopic (exact) mass is 286 g/mol. The van der Waals surface area contributed by atoms with Crippen LogP contribution in [0, 0.1) is 11.8 Å². The fourth-order valence-electron chi connectivity index (χ4n) is 2.90. The van der Waals surface area contributed by atoms with Crippen LogP contribution in [0.25, 0.3) is 0 Å². The van der Waals surface area contributed by atoms with Gasteiger partial charge < -0.3 is 0 Å². The minimum Gasteiger partial charge on any atom is -0.298 e. The maximum atomic E-state index is 11.4. The first-order valence-corrected chi connectivity index (χ1v) is 9.42. The van der Waals surface area contributed by atoms with Gasteiger partial charge in [-0.3, -0.25) is 4.79 Å². The van der Waals surface area contributed by atoms with Crippen LogP contribution in [0.15, 0.2) is 0 Å². The highest BCUT2D eigenvalue weighted by atomic mass is 32.2. The van der Waals surface area contributed by atoms with Crippen LogP contribution >= 0.6 is 23.5 Å². The molecular formula is C15H26OS2. The summed E-state index contributed by atoms with van der Waals surface area (Å²) in [6.07, 6.45) is 9.51. The fourth-order valence-corrected chi connectivity index (χ4v) is 6.04. The molecule has 18 heavy (non-hydrogen) atoms. The molecule has 0 aromatic rings. The van der Waals surface area contributed by atoms with Gasteiger partial charge in [-0.2, -0.15) is 0 Å². The first-order chi connectivity index (χ1) is 8.65. The predicted octanol–water partition coefficient (Wildman–Crippen LogP) is 4.75. The van der Waals surface area contributed by atoms with Crippen LogP contribution < -0.4 is 0 Å². The molecule has 0 radical (unpaired) electrons. The lowest BCUT2D eigenvalue weighted by Crippen LogP contribution is -2.29. The Balaban J connectivity index is 1.76. The van der Waals surface area contributed by atoms with Gasteiger partial charge in [-0.15, -0.1) is 23.5 Å². The highest BCUT2D eigenvalue weighted by Gasteiger charge is 2.35. The molecule has 104 valence electrons. The minimum absolute atomic E-state index is 0.367. The van der Waals surface area contributed by atoms with Crippen molar-refractivity contribution in [1.82, 2.24) is 0 Å². The van der Waals surface area contributed by atoms with E-state index < -0.39 is 0 Å². The smallest absolute Gasteiger partial charge is 0.152 e. The Labute approximate surface area is 120 Å². The second-order valence-corrected chi connectivity index (χ2v) is 8.96. The molecule has 1 atom stereocenters. The number of rotatable bonds is 7. The van der Waals surface area contributed by atoms with E-state index in [0.29, 0.717) is 9.86 Å². The van der Waals surface area contributed by atoms with Crippen LogP contribution in [-0.2, 0) is 4.79 Å². The number of Topliss-reactive ketones (excluding diaryl/α,β-unsaturated/α-hetero) is 1. The molecule has 1 nitrogen and oxygen atoms in total. The molecule has 1 saturated heterocycles. The van der Waals surface area contributed by atoms with Crippen molar-refractivity contribution in [2.45, 2.75) is 62.9 Å². The van der Waals surface area contributed by atoms with Crippen molar-refractivity contribution in [2.75, 3.05) is 11.5 Å². The zero-order valence-electron chi connectivity index (χ0n) is 11.7. The van der Waals surface area contributed by atoms with Gasteiger partial charge in [0.1, 0.15) is 0 Å². The molecule has 0 amide bonds. The van der Waals surface area contributed by atoms with Crippen LogP contribution in [0.2, 0.25) is 0 Å². The van der Waals surface area contributed by atoms with Gasteiger partial charge >= 0.3 is 0 Å². The second kappa shape index (κ2) is 6.69. The van der Waals surface area contributed by atoms with Gasteiger partial charge in [-0.25, -0.2) is 0 Å². The lowest BCUT2D eigenvalue weighted by molar-refractivity contribution is -0.114. The quantitative estimate of drug-likeness (QED) is 0.672. The minimum atomic E-state index is 0.367. The summed E-state index contributed by atoms with van der Waals surface area (Å²) in [5.74, 6) is 3.92. The third kappa shape index (κ3) is 4.19. The van der Waals surface area contributed by atoms with E-state index in [2.05, 4.69) is 13.8 Å². The molecule has 0 N–H and O–H groups in total. The fraction of sp³-hybridized carbons (Fsp3) is 0.933. The second-order valence-electron chi connectivity index (χ2n) is 5.98. The third-order valence-electron chi connectivity index (χ3n) is 4.27. The average Bonchev–Trinajstić information content (AvgIpc) is 3.17. The van der Waals surface area contributed by atoms with Crippen molar-refractivity contribution < 1.29 is 4.79 Å². The maximum absolute atomic E-state index is 11.4. The van der Waals surface area contributed by atoms with Crippen LogP contribution in [0.1, 0.15) is 58.8 Å². The molecule has 2 rings (SSSR count). The summed E-state index contributed by atoms with van der Waals surface area (Å²) in [7, 11) is 0. The van der Waals surface area contributed by atoms with Gasteiger partial charge in [0, 0.05) is 0 Å². The first kappa shape index (κ1) is 14.8. The zero-order valence-corrected chi connectivity index (χ0v) is 13.4. The zero-order chi connectivity index (χ0) is 13.0. The Morgan fingerprint density at radius 2 is 1.94 bits per heavy atom. The van der Waals surface area contributed by atoms with Gasteiger partial charge in [-0.1, -0.05) is 33.1 Å². The van der Waals surface area contributed by atoms with E-state index in [1.807, 2.05) is 23.5 Å². The number of carbonyl (C=O) groups is 1. The Morgan fingerprint density at radius 3 is 2.50 bits per heavy atom. The number of ketones is 1. The lowest BCUT2D eigenvalue weighted by atomic mass is 9.97. The molecule has 1 saturated carbocycles. The molecule has 0 bridgehead atoms. The van der Waals surface area contributed by atoms with Gasteiger partial charge in [0.15, 0.2) is 5.78 Å². The number of carbonyl (C=O) groups excluding carboxylic acids is 1. The molecule has 1 unspecified atom stereocenters. The van der Waals surface area contributed by atoms with E-state index in [0.717, 1.165) is 23.3 Å². The Bertz CT molecular complexity index is 276. The summed E-state index contributed by atoms with van der Waals surface area (Å²) in [5, 5.41) is 0. The average molecular weight is 287 g/mol. The topological polar surface area (TPSA) is 17.1 Å². The molecule has 1 heterocycles. The molecular weight excluding hydrogens is 260 g/mol. The normalized spacial score (nSPS) is 25.1. The Hall–Kier alpha value is 0.370. The van der Waals surface area contributed by atoms with E-state index >= 15 is 0 Å². The van der Waals surface area contributed by atoms with E-state index in [4.69, 9.17) is 0 Å². The van der Waals surface area contributed by atoms with Gasteiger partial charge in [0.2, 0.25) is 0 Å². The summed E-state index contributed by atoms with van der Waals surface area (Å²) in [6.45, 7) is 4.70. The van der Waals surface area contributed by atoms with E-state index in [-0.39, 0.29) is 0 Å². The van der Waals surface area contributed by atoms with E-state index in [1.165, 1.54) is 44.9 Å². The Morgan fingerprint density at radius 1 is 1.28 bits per heavy atom. The van der Waals surface area contributed by atoms with Crippen molar-refractivity contribution >= 4 is 29.3 Å². The van der Waals surface area contributed by atoms with E-state index in [9.17, 15) is 4.79 Å². The van der Waals surface area contributed by atoms with Crippen molar-refractivity contribution in [3.63, 3.8) is 0 Å². The lowest BCUT2D eigenvalue weighted by Gasteiger charge is -2.35. The molecule has 2 fully saturated rings. The van der Waals surface area contributed by atoms with Gasteiger partial charge in [0.05, 0.1) is 15.6 Å². The van der Waals surface area contributed by atoms with Crippen molar-refractivity contribution in [2.24, 2.45) is 11.8 Å². The predicted molar refractivity (Wildman–Crippen MR) is 83.3 cm³/mol. The van der Waals surface area contributed by atoms with E-state index in [1.54, 1.807) is 0 Å². The number of thioether (sulfide) groups is 2. The van der Waals surface area contributed by atoms with Crippen molar-refractivity contribution in [3.8, 4) is 0 Å². The van der Waals surface area contributed by atoms with Crippen LogP contribution in [0.5, 0.6) is 0 Å².